The van der Waals surface area contributed by atoms with Crippen LogP contribution in [0.2, 0.25) is 0 Å². The third kappa shape index (κ3) is 2.46. The fourth-order valence-electron chi connectivity index (χ4n) is 1.81. The van der Waals surface area contributed by atoms with E-state index in [0.717, 1.165) is 25.2 Å². The van der Waals surface area contributed by atoms with Crippen LogP contribution in [-0.2, 0) is 13.2 Å². The first-order chi connectivity index (χ1) is 9.64. The minimum atomic E-state index is -4.94. The minimum Gasteiger partial charge on any atom is -0.292 e. The zero-order valence-electron chi connectivity index (χ0n) is 10.4. The number of rotatable bonds is 1. The van der Waals surface area contributed by atoms with E-state index in [9.17, 15) is 31.5 Å². The van der Waals surface area contributed by atoms with Gasteiger partial charge in [0.05, 0.1) is 0 Å². The van der Waals surface area contributed by atoms with Crippen molar-refractivity contribution in [2.75, 3.05) is 0 Å². The highest BCUT2D eigenvalue weighted by Gasteiger charge is 2.35. The fourth-order valence-corrected chi connectivity index (χ4v) is 1.81. The molecule has 21 heavy (non-hydrogen) atoms. The second kappa shape index (κ2) is 4.83. The number of para-hydroxylation sites is 1. The largest absolute Gasteiger partial charge is 0.431 e. The molecule has 112 valence electrons. The molecule has 9 heteroatoms. The summed E-state index contributed by atoms with van der Waals surface area (Å²) < 4.78 is 65.2. The minimum absolute atomic E-state index is 0.0138. The molecule has 0 saturated carbocycles. The molecule has 0 amide bonds. The van der Waals surface area contributed by atoms with Crippen molar-refractivity contribution in [2.45, 2.75) is 6.18 Å². The molecule has 0 aliphatic heterocycles. The standard InChI is InChI=1S/C12H7F5N2O2/c1-18-8(12(15,16)17)5-9(20)19(11(18)21)10-6(13)3-2-4-7(10)14/h2-5H,1H3. The molecular weight excluding hydrogens is 299 g/mol. The first-order valence-corrected chi connectivity index (χ1v) is 5.49. The molecule has 2 aromatic rings. The highest BCUT2D eigenvalue weighted by Crippen LogP contribution is 2.27. The number of nitrogens with zero attached hydrogens (tertiary/aromatic N) is 2. The summed E-state index contributed by atoms with van der Waals surface area (Å²) in [5, 5.41) is 0. The molecule has 0 aliphatic rings. The molecule has 0 N–H and O–H groups in total. The predicted molar refractivity (Wildman–Crippen MR) is 62.2 cm³/mol. The van der Waals surface area contributed by atoms with Crippen molar-refractivity contribution in [3.63, 3.8) is 0 Å². The van der Waals surface area contributed by atoms with E-state index < -0.39 is 40.4 Å². The van der Waals surface area contributed by atoms with Crippen LogP contribution < -0.4 is 11.2 Å². The van der Waals surface area contributed by atoms with E-state index in [0.29, 0.717) is 0 Å². The number of hydrogen-bond acceptors (Lipinski definition) is 2. The third-order valence-corrected chi connectivity index (χ3v) is 2.77. The molecular formula is C12H7F5N2O2. The maximum absolute atomic E-state index is 13.6. The van der Waals surface area contributed by atoms with Crippen LogP contribution in [0.5, 0.6) is 0 Å². The van der Waals surface area contributed by atoms with Gasteiger partial charge in [-0.05, 0) is 12.1 Å². The topological polar surface area (TPSA) is 44.0 Å². The lowest BCUT2D eigenvalue weighted by Crippen LogP contribution is -2.41. The van der Waals surface area contributed by atoms with Crippen LogP contribution in [-0.4, -0.2) is 9.13 Å². The van der Waals surface area contributed by atoms with E-state index in [4.69, 9.17) is 0 Å². The molecule has 1 heterocycles. The van der Waals surface area contributed by atoms with E-state index in [1.165, 1.54) is 0 Å². The van der Waals surface area contributed by atoms with Crippen LogP contribution in [0.3, 0.4) is 0 Å². The van der Waals surface area contributed by atoms with E-state index in [2.05, 4.69) is 0 Å². The summed E-state index contributed by atoms with van der Waals surface area (Å²) in [5.41, 5.74) is -5.50. The van der Waals surface area contributed by atoms with Crippen LogP contribution >= 0.6 is 0 Å². The van der Waals surface area contributed by atoms with Crippen LogP contribution in [0.1, 0.15) is 5.69 Å². The summed E-state index contributed by atoms with van der Waals surface area (Å²) in [6.45, 7) is 0. The smallest absolute Gasteiger partial charge is 0.292 e. The normalized spacial score (nSPS) is 11.7. The Morgan fingerprint density at radius 3 is 2.05 bits per heavy atom. The highest BCUT2D eigenvalue weighted by molar-refractivity contribution is 5.35. The monoisotopic (exact) mass is 306 g/mol. The lowest BCUT2D eigenvalue weighted by Gasteiger charge is -2.14. The van der Waals surface area contributed by atoms with E-state index in [1.54, 1.807) is 0 Å². The van der Waals surface area contributed by atoms with Gasteiger partial charge in [0.2, 0.25) is 0 Å². The fraction of sp³-hybridized carbons (Fsp3) is 0.167. The Morgan fingerprint density at radius 1 is 1.05 bits per heavy atom. The molecule has 0 radical (unpaired) electrons. The molecule has 1 aromatic carbocycles. The molecule has 0 fully saturated rings. The van der Waals surface area contributed by atoms with Crippen molar-refractivity contribution in [2.24, 2.45) is 7.05 Å². The van der Waals surface area contributed by atoms with Gasteiger partial charge in [0.25, 0.3) is 5.56 Å². The number of hydrogen-bond donors (Lipinski definition) is 0. The van der Waals surface area contributed by atoms with Crippen molar-refractivity contribution in [1.29, 1.82) is 0 Å². The molecule has 0 atom stereocenters. The van der Waals surface area contributed by atoms with Gasteiger partial charge in [-0.25, -0.2) is 18.1 Å². The second-order valence-electron chi connectivity index (χ2n) is 4.11. The SMILES string of the molecule is Cn1c(C(F)(F)F)cc(=O)n(-c2c(F)cccc2F)c1=O. The van der Waals surface area contributed by atoms with Gasteiger partial charge in [0.15, 0.2) is 0 Å². The Bertz CT molecular complexity index is 800. The van der Waals surface area contributed by atoms with Gasteiger partial charge >= 0.3 is 11.9 Å². The molecule has 1 aromatic heterocycles. The van der Waals surface area contributed by atoms with Gasteiger partial charge in [-0.3, -0.25) is 9.36 Å². The van der Waals surface area contributed by atoms with Crippen LogP contribution in [0.25, 0.3) is 5.69 Å². The molecule has 0 spiro atoms. The quantitative estimate of drug-likeness (QED) is 0.755. The van der Waals surface area contributed by atoms with Crippen molar-refractivity contribution < 1.29 is 22.0 Å². The summed E-state index contributed by atoms with van der Waals surface area (Å²) in [6.07, 6.45) is -4.94. The van der Waals surface area contributed by atoms with Crippen LogP contribution in [0.15, 0.2) is 33.9 Å². The number of benzene rings is 1. The van der Waals surface area contributed by atoms with Crippen molar-refractivity contribution >= 4 is 0 Å². The van der Waals surface area contributed by atoms with Crippen molar-refractivity contribution in [3.05, 3.63) is 62.4 Å². The summed E-state index contributed by atoms with van der Waals surface area (Å²) in [7, 11) is 0.750. The van der Waals surface area contributed by atoms with Gasteiger partial charge in [0.1, 0.15) is 23.0 Å². The van der Waals surface area contributed by atoms with Gasteiger partial charge in [-0.15, -0.1) is 0 Å². The Labute approximate surface area is 113 Å². The average molecular weight is 306 g/mol. The summed E-state index contributed by atoms with van der Waals surface area (Å²) in [4.78, 5) is 23.5. The Balaban J connectivity index is 2.89. The number of halogens is 5. The van der Waals surface area contributed by atoms with E-state index in [1.807, 2.05) is 0 Å². The second-order valence-corrected chi connectivity index (χ2v) is 4.11. The lowest BCUT2D eigenvalue weighted by molar-refractivity contribution is -0.144. The van der Waals surface area contributed by atoms with Crippen LogP contribution in [0, 0.1) is 11.6 Å². The number of alkyl halides is 3. The zero-order chi connectivity index (χ0) is 15.9. The molecule has 4 nitrogen and oxygen atoms in total. The maximum Gasteiger partial charge on any atom is 0.431 e. The first-order valence-electron chi connectivity index (χ1n) is 5.49. The van der Waals surface area contributed by atoms with Gasteiger partial charge in [0, 0.05) is 13.1 Å². The predicted octanol–water partition coefficient (Wildman–Crippen LogP) is 1.83. The lowest BCUT2D eigenvalue weighted by atomic mass is 10.2. The first kappa shape index (κ1) is 14.9. The Morgan fingerprint density at radius 2 is 1.57 bits per heavy atom. The van der Waals surface area contributed by atoms with E-state index >= 15 is 0 Å². The Kier molecular flexibility index (Phi) is 3.44. The third-order valence-electron chi connectivity index (χ3n) is 2.77. The molecule has 0 aliphatic carbocycles. The molecule has 0 saturated heterocycles. The Hall–Kier alpha value is -2.45. The molecule has 0 bridgehead atoms. The van der Waals surface area contributed by atoms with Gasteiger partial charge in [-0.2, -0.15) is 13.2 Å². The summed E-state index contributed by atoms with van der Waals surface area (Å²) in [6, 6.07) is 2.66. The van der Waals surface area contributed by atoms with Crippen molar-refractivity contribution in [3.8, 4) is 5.69 Å². The van der Waals surface area contributed by atoms with Gasteiger partial charge < -0.3 is 0 Å². The molecule has 2 rings (SSSR count). The average Bonchev–Trinajstić information content (AvgIpc) is 2.36. The number of aromatic nitrogens is 2. The zero-order valence-corrected chi connectivity index (χ0v) is 10.4. The van der Waals surface area contributed by atoms with Crippen LogP contribution in [0.4, 0.5) is 22.0 Å². The summed E-state index contributed by atoms with van der Waals surface area (Å²) >= 11 is 0. The van der Waals surface area contributed by atoms with E-state index in [-0.39, 0.29) is 15.2 Å². The molecule has 0 unspecified atom stereocenters. The van der Waals surface area contributed by atoms with Gasteiger partial charge in [-0.1, -0.05) is 6.07 Å². The summed E-state index contributed by atoms with van der Waals surface area (Å²) in [5.74, 6) is -2.48. The highest BCUT2D eigenvalue weighted by atomic mass is 19.4. The van der Waals surface area contributed by atoms with Crippen molar-refractivity contribution in [1.82, 2.24) is 9.13 Å². The maximum atomic E-state index is 13.6.